The smallest absolute Gasteiger partial charge is 0.326 e. The van der Waals surface area contributed by atoms with Gasteiger partial charge in [0.15, 0.2) is 0 Å². The van der Waals surface area contributed by atoms with E-state index >= 15 is 0 Å². The predicted molar refractivity (Wildman–Crippen MR) is 73.8 cm³/mol. The minimum Gasteiger partial charge on any atom is -0.496 e. The first-order chi connectivity index (χ1) is 9.52. The van der Waals surface area contributed by atoms with Gasteiger partial charge in [0.05, 0.1) is 7.11 Å². The van der Waals surface area contributed by atoms with Crippen molar-refractivity contribution >= 4 is 22.8 Å². The molecule has 106 valence electrons. The molecule has 0 saturated carbocycles. The number of H-pyrrole nitrogens is 1. The zero-order valence-corrected chi connectivity index (χ0v) is 11.3. The van der Waals surface area contributed by atoms with E-state index in [-0.39, 0.29) is 12.3 Å². The van der Waals surface area contributed by atoms with Crippen molar-refractivity contribution in [3.05, 3.63) is 30.0 Å². The summed E-state index contributed by atoms with van der Waals surface area (Å²) in [4.78, 5) is 25.4. The summed E-state index contributed by atoms with van der Waals surface area (Å²) in [5.74, 6) is -0.846. The van der Waals surface area contributed by atoms with Crippen LogP contribution < -0.4 is 10.1 Å². The Bertz CT molecular complexity index is 648. The van der Waals surface area contributed by atoms with Crippen LogP contribution >= 0.6 is 0 Å². The first kappa shape index (κ1) is 13.9. The van der Waals surface area contributed by atoms with Gasteiger partial charge in [-0.1, -0.05) is 0 Å². The SMILES string of the molecule is COc1ccc2[nH]ccc2c1CC(NC(C)=O)C(=O)O. The third kappa shape index (κ3) is 2.74. The molecule has 0 fully saturated rings. The highest BCUT2D eigenvalue weighted by molar-refractivity contribution is 5.87. The number of nitrogens with one attached hydrogen (secondary N) is 2. The van der Waals surface area contributed by atoms with E-state index in [4.69, 9.17) is 4.74 Å². The van der Waals surface area contributed by atoms with Gasteiger partial charge in [-0.3, -0.25) is 4.79 Å². The number of carboxylic acids is 1. The summed E-state index contributed by atoms with van der Waals surface area (Å²) >= 11 is 0. The zero-order chi connectivity index (χ0) is 14.7. The first-order valence-electron chi connectivity index (χ1n) is 6.15. The summed E-state index contributed by atoms with van der Waals surface area (Å²) in [6, 6.07) is 4.52. The van der Waals surface area contributed by atoms with Gasteiger partial charge in [-0.25, -0.2) is 4.79 Å². The first-order valence-corrected chi connectivity index (χ1v) is 6.15. The Labute approximate surface area is 115 Å². The van der Waals surface area contributed by atoms with Crippen LogP contribution in [0.5, 0.6) is 5.75 Å². The molecular weight excluding hydrogens is 260 g/mol. The summed E-state index contributed by atoms with van der Waals surface area (Å²) in [6.07, 6.45) is 1.94. The van der Waals surface area contributed by atoms with Gasteiger partial charge in [0.1, 0.15) is 11.8 Å². The molecule has 0 saturated heterocycles. The van der Waals surface area contributed by atoms with Crippen molar-refractivity contribution < 1.29 is 19.4 Å². The molecule has 0 spiro atoms. The number of aromatic amines is 1. The number of carboxylic acid groups (broad SMARTS) is 1. The molecular formula is C14H16N2O4. The number of aromatic nitrogens is 1. The second kappa shape index (κ2) is 5.64. The molecule has 0 aliphatic rings. The second-order valence-corrected chi connectivity index (χ2v) is 4.48. The molecule has 1 aromatic heterocycles. The fraction of sp³-hybridized carbons (Fsp3) is 0.286. The summed E-state index contributed by atoms with van der Waals surface area (Å²) in [5.41, 5.74) is 1.65. The Balaban J connectivity index is 2.42. The standard InChI is InChI=1S/C14H16N2O4/c1-8(17)16-12(14(18)19)7-10-9-5-6-15-11(9)3-4-13(10)20-2/h3-6,12,15H,7H2,1-2H3,(H,16,17)(H,18,19). The molecule has 0 aliphatic heterocycles. The van der Waals surface area contributed by atoms with Gasteiger partial charge in [-0.2, -0.15) is 0 Å². The lowest BCUT2D eigenvalue weighted by Gasteiger charge is -2.16. The van der Waals surface area contributed by atoms with Crippen molar-refractivity contribution in [1.82, 2.24) is 10.3 Å². The number of carbonyl (C=O) groups is 2. The number of rotatable bonds is 5. The Hall–Kier alpha value is -2.50. The van der Waals surface area contributed by atoms with Crippen molar-refractivity contribution in [3.63, 3.8) is 0 Å². The van der Waals surface area contributed by atoms with Crippen LogP contribution in [-0.2, 0) is 16.0 Å². The molecule has 1 amide bonds. The molecule has 0 radical (unpaired) electrons. The van der Waals surface area contributed by atoms with E-state index in [2.05, 4.69) is 10.3 Å². The number of amides is 1. The Morgan fingerprint density at radius 1 is 1.40 bits per heavy atom. The van der Waals surface area contributed by atoms with Crippen molar-refractivity contribution in [2.45, 2.75) is 19.4 Å². The number of aliphatic carboxylic acids is 1. The lowest BCUT2D eigenvalue weighted by atomic mass is 10.0. The number of carbonyl (C=O) groups excluding carboxylic acids is 1. The van der Waals surface area contributed by atoms with Crippen molar-refractivity contribution in [1.29, 1.82) is 0 Å². The van der Waals surface area contributed by atoms with Crippen LogP contribution in [0.1, 0.15) is 12.5 Å². The van der Waals surface area contributed by atoms with Crippen LogP contribution in [0.15, 0.2) is 24.4 Å². The Morgan fingerprint density at radius 3 is 2.75 bits per heavy atom. The van der Waals surface area contributed by atoms with Crippen LogP contribution in [0.4, 0.5) is 0 Å². The molecule has 20 heavy (non-hydrogen) atoms. The van der Waals surface area contributed by atoms with Crippen molar-refractivity contribution in [2.24, 2.45) is 0 Å². The maximum atomic E-state index is 11.2. The second-order valence-electron chi connectivity index (χ2n) is 4.48. The molecule has 0 bridgehead atoms. The fourth-order valence-corrected chi connectivity index (χ4v) is 2.23. The molecule has 1 unspecified atom stereocenters. The minimum absolute atomic E-state index is 0.160. The number of hydrogen-bond donors (Lipinski definition) is 3. The summed E-state index contributed by atoms with van der Waals surface area (Å²) < 4.78 is 5.29. The summed E-state index contributed by atoms with van der Waals surface area (Å²) in [7, 11) is 1.53. The Morgan fingerprint density at radius 2 is 2.15 bits per heavy atom. The van der Waals surface area contributed by atoms with Gasteiger partial charge in [-0.05, 0) is 18.2 Å². The van der Waals surface area contributed by atoms with Crippen LogP contribution in [0.3, 0.4) is 0 Å². The molecule has 1 aromatic carbocycles. The normalized spacial score (nSPS) is 12.1. The molecule has 3 N–H and O–H groups in total. The van der Waals surface area contributed by atoms with E-state index in [0.29, 0.717) is 5.75 Å². The number of methoxy groups -OCH3 is 1. The highest BCUT2D eigenvalue weighted by Gasteiger charge is 2.22. The molecule has 0 aliphatic carbocycles. The number of hydrogen-bond acceptors (Lipinski definition) is 3. The number of benzene rings is 1. The molecule has 6 heteroatoms. The third-order valence-corrected chi connectivity index (χ3v) is 3.11. The highest BCUT2D eigenvalue weighted by atomic mass is 16.5. The van der Waals surface area contributed by atoms with E-state index in [1.54, 1.807) is 12.3 Å². The molecule has 2 rings (SSSR count). The van der Waals surface area contributed by atoms with E-state index in [1.807, 2.05) is 12.1 Å². The topological polar surface area (TPSA) is 91.4 Å². The Kier molecular flexibility index (Phi) is 3.93. The van der Waals surface area contributed by atoms with Gasteiger partial charge in [0.2, 0.25) is 5.91 Å². The van der Waals surface area contributed by atoms with Crippen LogP contribution in [0.2, 0.25) is 0 Å². The number of fused-ring (bicyclic) bond motifs is 1. The lowest BCUT2D eigenvalue weighted by Crippen LogP contribution is -2.41. The van der Waals surface area contributed by atoms with Crippen molar-refractivity contribution in [3.8, 4) is 5.75 Å². The average Bonchev–Trinajstić information content (AvgIpc) is 2.86. The van der Waals surface area contributed by atoms with Gasteiger partial charge in [-0.15, -0.1) is 0 Å². The zero-order valence-electron chi connectivity index (χ0n) is 11.3. The molecule has 1 heterocycles. The van der Waals surface area contributed by atoms with Crippen LogP contribution in [0.25, 0.3) is 10.9 Å². The van der Waals surface area contributed by atoms with Gasteiger partial charge in [0.25, 0.3) is 0 Å². The minimum atomic E-state index is -1.07. The maximum Gasteiger partial charge on any atom is 0.326 e. The van der Waals surface area contributed by atoms with Gasteiger partial charge >= 0.3 is 5.97 Å². The van der Waals surface area contributed by atoms with Crippen molar-refractivity contribution in [2.75, 3.05) is 7.11 Å². The van der Waals surface area contributed by atoms with E-state index in [0.717, 1.165) is 16.5 Å². The molecule has 6 nitrogen and oxygen atoms in total. The predicted octanol–water partition coefficient (Wildman–Crippen LogP) is 1.31. The summed E-state index contributed by atoms with van der Waals surface area (Å²) in [6.45, 7) is 1.30. The molecule has 2 aromatic rings. The average molecular weight is 276 g/mol. The summed E-state index contributed by atoms with van der Waals surface area (Å²) in [5, 5.41) is 12.5. The van der Waals surface area contributed by atoms with Crippen LogP contribution in [-0.4, -0.2) is 35.1 Å². The largest absolute Gasteiger partial charge is 0.496 e. The fourth-order valence-electron chi connectivity index (χ4n) is 2.23. The van der Waals surface area contributed by atoms with Gasteiger partial charge in [0, 0.05) is 36.0 Å². The van der Waals surface area contributed by atoms with Gasteiger partial charge < -0.3 is 20.1 Å². The highest BCUT2D eigenvalue weighted by Crippen LogP contribution is 2.28. The quantitative estimate of drug-likeness (QED) is 0.767. The van der Waals surface area contributed by atoms with Crippen LogP contribution in [0, 0.1) is 0 Å². The monoisotopic (exact) mass is 276 g/mol. The van der Waals surface area contributed by atoms with E-state index in [9.17, 15) is 14.7 Å². The number of ether oxygens (including phenoxy) is 1. The van der Waals surface area contributed by atoms with E-state index in [1.165, 1.54) is 14.0 Å². The molecule has 1 atom stereocenters. The lowest BCUT2D eigenvalue weighted by molar-refractivity contribution is -0.141. The third-order valence-electron chi connectivity index (χ3n) is 3.11. The van der Waals surface area contributed by atoms with E-state index < -0.39 is 12.0 Å². The maximum absolute atomic E-state index is 11.2.